The summed E-state index contributed by atoms with van der Waals surface area (Å²) in [6.45, 7) is 6.24. The fraction of sp³-hybridized carbons (Fsp3) is 0.867. The number of fused-ring (bicyclic) bond motifs is 3. The van der Waals surface area contributed by atoms with Crippen LogP contribution in [0.5, 0.6) is 0 Å². The SMILES string of the molecule is CC1(C)CC2C1(O)CCC1(C)C=CC(O)C21CO. The first-order valence-corrected chi connectivity index (χ1v) is 6.94. The van der Waals surface area contributed by atoms with Crippen LogP contribution in [0.1, 0.15) is 40.0 Å². The van der Waals surface area contributed by atoms with E-state index in [1.165, 1.54) is 0 Å². The molecule has 102 valence electrons. The summed E-state index contributed by atoms with van der Waals surface area (Å²) in [5.41, 5.74) is -1.62. The largest absolute Gasteiger partial charge is 0.396 e. The third kappa shape index (κ3) is 1.04. The van der Waals surface area contributed by atoms with Gasteiger partial charge in [-0.15, -0.1) is 0 Å². The number of hydrogen-bond donors (Lipinski definition) is 3. The molecule has 0 amide bonds. The molecule has 2 fully saturated rings. The molecule has 3 heteroatoms. The number of aliphatic hydroxyl groups is 3. The summed E-state index contributed by atoms with van der Waals surface area (Å²) in [4.78, 5) is 0. The Bertz CT molecular complexity index is 416. The van der Waals surface area contributed by atoms with E-state index in [2.05, 4.69) is 26.8 Å². The minimum absolute atomic E-state index is 0.00579. The van der Waals surface area contributed by atoms with Crippen molar-refractivity contribution < 1.29 is 15.3 Å². The van der Waals surface area contributed by atoms with Crippen molar-refractivity contribution in [3.05, 3.63) is 12.2 Å². The van der Waals surface area contributed by atoms with Crippen molar-refractivity contribution in [1.29, 1.82) is 0 Å². The number of rotatable bonds is 1. The van der Waals surface area contributed by atoms with Crippen molar-refractivity contribution in [3.8, 4) is 0 Å². The highest BCUT2D eigenvalue weighted by Crippen LogP contribution is 2.72. The quantitative estimate of drug-likeness (QED) is 0.619. The lowest BCUT2D eigenvalue weighted by Gasteiger charge is -2.70. The molecule has 18 heavy (non-hydrogen) atoms. The van der Waals surface area contributed by atoms with Crippen LogP contribution < -0.4 is 0 Å². The molecule has 0 bridgehead atoms. The molecule has 2 saturated carbocycles. The minimum Gasteiger partial charge on any atom is -0.396 e. The molecule has 0 heterocycles. The van der Waals surface area contributed by atoms with Gasteiger partial charge in [-0.2, -0.15) is 0 Å². The van der Waals surface area contributed by atoms with E-state index in [-0.39, 0.29) is 23.4 Å². The van der Waals surface area contributed by atoms with Crippen LogP contribution in [0.25, 0.3) is 0 Å². The molecule has 0 saturated heterocycles. The molecule has 5 unspecified atom stereocenters. The van der Waals surface area contributed by atoms with E-state index in [4.69, 9.17) is 0 Å². The Kier molecular flexibility index (Phi) is 2.24. The predicted octanol–water partition coefficient (Wildman–Crippen LogP) is 1.47. The minimum atomic E-state index is -0.734. The van der Waals surface area contributed by atoms with Gasteiger partial charge in [-0.25, -0.2) is 0 Å². The smallest absolute Gasteiger partial charge is 0.0811 e. The molecule has 3 nitrogen and oxygen atoms in total. The van der Waals surface area contributed by atoms with E-state index in [1.807, 2.05) is 6.08 Å². The molecule has 3 aliphatic rings. The molecular weight excluding hydrogens is 228 g/mol. The highest BCUT2D eigenvalue weighted by atomic mass is 16.3. The number of hydrogen-bond acceptors (Lipinski definition) is 3. The maximum atomic E-state index is 11.0. The molecule has 0 radical (unpaired) electrons. The molecule has 0 aromatic rings. The van der Waals surface area contributed by atoms with E-state index >= 15 is 0 Å². The van der Waals surface area contributed by atoms with Crippen molar-refractivity contribution in [3.63, 3.8) is 0 Å². The molecule has 3 aliphatic carbocycles. The van der Waals surface area contributed by atoms with Crippen LogP contribution in [0, 0.1) is 22.2 Å². The lowest BCUT2D eigenvalue weighted by Crippen LogP contribution is -2.74. The molecule has 0 aromatic heterocycles. The van der Waals surface area contributed by atoms with Crippen molar-refractivity contribution in [1.82, 2.24) is 0 Å². The summed E-state index contributed by atoms with van der Waals surface area (Å²) in [6, 6.07) is 0. The Morgan fingerprint density at radius 3 is 2.44 bits per heavy atom. The molecule has 0 spiro atoms. The first kappa shape index (κ1) is 12.6. The van der Waals surface area contributed by atoms with E-state index in [0.29, 0.717) is 0 Å². The van der Waals surface area contributed by atoms with Gasteiger partial charge >= 0.3 is 0 Å². The van der Waals surface area contributed by atoms with Gasteiger partial charge in [0, 0.05) is 11.3 Å². The van der Waals surface area contributed by atoms with Crippen molar-refractivity contribution in [2.75, 3.05) is 6.61 Å². The molecule has 0 aliphatic heterocycles. The normalized spacial score (nSPS) is 56.8. The predicted molar refractivity (Wildman–Crippen MR) is 68.8 cm³/mol. The average molecular weight is 252 g/mol. The Hall–Kier alpha value is -0.380. The van der Waals surface area contributed by atoms with E-state index < -0.39 is 17.1 Å². The van der Waals surface area contributed by atoms with Crippen LogP contribution in [0.3, 0.4) is 0 Å². The highest BCUT2D eigenvalue weighted by molar-refractivity contribution is 5.31. The maximum absolute atomic E-state index is 11.0. The second kappa shape index (κ2) is 3.20. The Balaban J connectivity index is 2.08. The first-order chi connectivity index (χ1) is 8.23. The fourth-order valence-corrected chi connectivity index (χ4v) is 5.04. The van der Waals surface area contributed by atoms with Gasteiger partial charge in [0.1, 0.15) is 0 Å². The van der Waals surface area contributed by atoms with Gasteiger partial charge in [0.2, 0.25) is 0 Å². The van der Waals surface area contributed by atoms with Gasteiger partial charge in [-0.1, -0.05) is 32.9 Å². The second-order valence-corrected chi connectivity index (χ2v) is 7.48. The van der Waals surface area contributed by atoms with Crippen LogP contribution >= 0.6 is 0 Å². The van der Waals surface area contributed by atoms with Crippen LogP contribution in [0.15, 0.2) is 12.2 Å². The van der Waals surface area contributed by atoms with Crippen molar-refractivity contribution in [2.45, 2.75) is 51.7 Å². The standard InChI is InChI=1S/C15H24O3/c1-12(2)8-10-14(9-16)11(17)4-5-13(14,3)6-7-15(10,12)18/h4-5,10-11,16-18H,6-9H2,1-3H3. The topological polar surface area (TPSA) is 60.7 Å². The van der Waals surface area contributed by atoms with Gasteiger partial charge < -0.3 is 15.3 Å². The van der Waals surface area contributed by atoms with Crippen LogP contribution in [-0.2, 0) is 0 Å². The first-order valence-electron chi connectivity index (χ1n) is 6.94. The number of aliphatic hydroxyl groups excluding tert-OH is 2. The summed E-state index contributed by atoms with van der Waals surface area (Å²) >= 11 is 0. The zero-order chi connectivity index (χ0) is 13.4. The molecule has 5 atom stereocenters. The van der Waals surface area contributed by atoms with Crippen LogP contribution in [0.4, 0.5) is 0 Å². The van der Waals surface area contributed by atoms with Gasteiger partial charge in [-0.3, -0.25) is 0 Å². The summed E-state index contributed by atoms with van der Waals surface area (Å²) in [6.07, 6.45) is 5.70. The van der Waals surface area contributed by atoms with E-state index in [0.717, 1.165) is 19.3 Å². The lowest BCUT2D eigenvalue weighted by atomic mass is 9.36. The Morgan fingerprint density at radius 1 is 1.22 bits per heavy atom. The summed E-state index contributed by atoms with van der Waals surface area (Å²) in [7, 11) is 0. The Morgan fingerprint density at radius 2 is 1.89 bits per heavy atom. The second-order valence-electron chi connectivity index (χ2n) is 7.48. The summed E-state index contributed by atoms with van der Waals surface area (Å²) in [5.74, 6) is -0.00579. The van der Waals surface area contributed by atoms with Gasteiger partial charge in [0.25, 0.3) is 0 Å². The average Bonchev–Trinajstić information content (AvgIpc) is 2.57. The van der Waals surface area contributed by atoms with Gasteiger partial charge in [0.05, 0.1) is 18.3 Å². The monoisotopic (exact) mass is 252 g/mol. The number of allylic oxidation sites excluding steroid dienone is 1. The van der Waals surface area contributed by atoms with Gasteiger partial charge in [-0.05, 0) is 30.1 Å². The zero-order valence-corrected chi connectivity index (χ0v) is 11.5. The highest BCUT2D eigenvalue weighted by Gasteiger charge is 2.74. The molecule has 3 rings (SSSR count). The molecule has 0 aromatic carbocycles. The van der Waals surface area contributed by atoms with Crippen LogP contribution in [0.2, 0.25) is 0 Å². The van der Waals surface area contributed by atoms with E-state index in [1.54, 1.807) is 0 Å². The van der Waals surface area contributed by atoms with Crippen molar-refractivity contribution in [2.24, 2.45) is 22.2 Å². The Labute approximate surface area is 109 Å². The molecular formula is C15H24O3. The zero-order valence-electron chi connectivity index (χ0n) is 11.5. The van der Waals surface area contributed by atoms with Crippen molar-refractivity contribution >= 4 is 0 Å². The fourth-order valence-electron chi connectivity index (χ4n) is 5.04. The summed E-state index contributed by atoms with van der Waals surface area (Å²) < 4.78 is 0. The maximum Gasteiger partial charge on any atom is 0.0811 e. The van der Waals surface area contributed by atoms with E-state index in [9.17, 15) is 15.3 Å². The third-order valence-electron chi connectivity index (χ3n) is 6.61. The third-order valence-corrected chi connectivity index (χ3v) is 6.61. The van der Waals surface area contributed by atoms with Gasteiger partial charge in [0.15, 0.2) is 0 Å². The molecule has 3 N–H and O–H groups in total. The van der Waals surface area contributed by atoms with Crippen LogP contribution in [-0.4, -0.2) is 33.6 Å². The lowest BCUT2D eigenvalue weighted by molar-refractivity contribution is -0.303. The summed E-state index contributed by atoms with van der Waals surface area (Å²) in [5, 5.41) is 31.4.